The molecule has 2 aromatic heterocycles. The number of esters is 1. The van der Waals surface area contributed by atoms with E-state index in [0.29, 0.717) is 5.76 Å². The number of imide groups is 1. The number of carbonyl (C=O) groups is 3. The Kier molecular flexibility index (Phi) is 5.44. The van der Waals surface area contributed by atoms with Gasteiger partial charge in [-0.1, -0.05) is 17.7 Å². The van der Waals surface area contributed by atoms with Crippen molar-refractivity contribution in [2.45, 2.75) is 27.3 Å². The van der Waals surface area contributed by atoms with Crippen molar-refractivity contribution < 1.29 is 23.5 Å². The number of rotatable bonds is 5. The molecule has 1 aliphatic rings. The van der Waals surface area contributed by atoms with Crippen molar-refractivity contribution in [3.8, 4) is 5.69 Å². The lowest BCUT2D eigenvalue weighted by molar-refractivity contribution is -0.123. The maximum Gasteiger partial charge on any atom is 0.373 e. The third-order valence-electron chi connectivity index (χ3n) is 5.39. The summed E-state index contributed by atoms with van der Waals surface area (Å²) in [5.41, 5.74) is 5.18. The van der Waals surface area contributed by atoms with Crippen LogP contribution in [0.25, 0.3) is 11.8 Å². The van der Waals surface area contributed by atoms with Crippen molar-refractivity contribution >= 4 is 24.0 Å². The maximum absolute atomic E-state index is 12.9. The molecule has 0 saturated carbocycles. The lowest BCUT2D eigenvalue weighted by Gasteiger charge is -2.10. The van der Waals surface area contributed by atoms with E-state index in [2.05, 4.69) is 14.6 Å². The number of aromatic nitrogens is 1. The van der Waals surface area contributed by atoms with Crippen LogP contribution >= 0.6 is 0 Å². The van der Waals surface area contributed by atoms with Crippen LogP contribution in [-0.4, -0.2) is 34.5 Å². The second kappa shape index (κ2) is 8.22. The number of amides is 3. The van der Waals surface area contributed by atoms with Gasteiger partial charge in [0.1, 0.15) is 11.5 Å². The van der Waals surface area contributed by atoms with Crippen LogP contribution in [0.1, 0.15) is 38.8 Å². The summed E-state index contributed by atoms with van der Waals surface area (Å²) in [6, 6.07) is 12.6. The predicted octanol–water partition coefficient (Wildman–Crippen LogP) is 3.88. The minimum absolute atomic E-state index is 0.00821. The SMILES string of the molecule is COC(=O)c1ccc(CN2C(=O)N/C(=C\c3cc(C)n(-c4ccc(C)cc4)c3C)C2=O)o1. The number of urea groups is 1. The summed E-state index contributed by atoms with van der Waals surface area (Å²) >= 11 is 0. The van der Waals surface area contributed by atoms with Gasteiger partial charge >= 0.3 is 12.0 Å². The van der Waals surface area contributed by atoms with Crippen LogP contribution in [0.15, 0.2) is 52.6 Å². The summed E-state index contributed by atoms with van der Waals surface area (Å²) in [5, 5.41) is 2.62. The minimum Gasteiger partial charge on any atom is -0.463 e. The third kappa shape index (κ3) is 3.82. The molecule has 3 heterocycles. The highest BCUT2D eigenvalue weighted by Gasteiger charge is 2.34. The summed E-state index contributed by atoms with van der Waals surface area (Å²) in [6.07, 6.45) is 1.68. The van der Waals surface area contributed by atoms with Crippen molar-refractivity contribution in [3.05, 3.63) is 82.2 Å². The van der Waals surface area contributed by atoms with Crippen molar-refractivity contribution in [2.75, 3.05) is 7.11 Å². The summed E-state index contributed by atoms with van der Waals surface area (Å²) in [4.78, 5) is 37.9. The smallest absolute Gasteiger partial charge is 0.373 e. The standard InChI is InChI=1S/C24H23N3O5/c1-14-5-7-18(8-6-14)27-15(2)11-17(16(27)3)12-20-22(28)26(24(30)25-20)13-19-9-10-21(32-19)23(29)31-4/h5-12H,13H2,1-4H3,(H,25,30)/b20-12-. The van der Waals surface area contributed by atoms with Crippen LogP contribution in [0.3, 0.4) is 0 Å². The van der Waals surface area contributed by atoms with Crippen molar-refractivity contribution in [1.29, 1.82) is 0 Å². The fraction of sp³-hybridized carbons (Fsp3) is 0.208. The molecule has 1 aromatic carbocycles. The van der Waals surface area contributed by atoms with E-state index in [-0.39, 0.29) is 18.0 Å². The summed E-state index contributed by atoms with van der Waals surface area (Å²) in [5.74, 6) is -0.786. The van der Waals surface area contributed by atoms with E-state index >= 15 is 0 Å². The number of ether oxygens (including phenoxy) is 1. The van der Waals surface area contributed by atoms with Gasteiger partial charge in [0.15, 0.2) is 0 Å². The largest absolute Gasteiger partial charge is 0.463 e. The molecule has 1 saturated heterocycles. The average molecular weight is 433 g/mol. The van der Waals surface area contributed by atoms with Gasteiger partial charge in [-0.3, -0.25) is 9.69 Å². The zero-order valence-electron chi connectivity index (χ0n) is 18.3. The number of furan rings is 1. The second-order valence-corrected chi connectivity index (χ2v) is 7.63. The molecule has 0 radical (unpaired) electrons. The van der Waals surface area contributed by atoms with E-state index in [1.165, 1.54) is 24.8 Å². The van der Waals surface area contributed by atoms with Gasteiger partial charge < -0.3 is 19.0 Å². The molecule has 164 valence electrons. The van der Waals surface area contributed by atoms with Gasteiger partial charge in [0.25, 0.3) is 5.91 Å². The number of aryl methyl sites for hydroxylation is 2. The number of nitrogens with one attached hydrogen (secondary N) is 1. The summed E-state index contributed by atoms with van der Waals surface area (Å²) < 4.78 is 12.1. The van der Waals surface area contributed by atoms with Crippen LogP contribution in [0.4, 0.5) is 4.79 Å². The average Bonchev–Trinajstić information content (AvgIpc) is 3.42. The first-order valence-corrected chi connectivity index (χ1v) is 10.1. The molecule has 3 amide bonds. The van der Waals surface area contributed by atoms with Gasteiger partial charge in [0.2, 0.25) is 5.76 Å². The number of methoxy groups -OCH3 is 1. The molecule has 1 fully saturated rings. The molecule has 0 spiro atoms. The lowest BCUT2D eigenvalue weighted by atomic mass is 10.2. The zero-order valence-corrected chi connectivity index (χ0v) is 18.3. The molecule has 3 aromatic rings. The van der Waals surface area contributed by atoms with Crippen LogP contribution in [0.5, 0.6) is 0 Å². The van der Waals surface area contributed by atoms with Crippen LogP contribution in [0.2, 0.25) is 0 Å². The molecule has 1 aliphatic heterocycles. The Morgan fingerprint density at radius 2 is 1.81 bits per heavy atom. The van der Waals surface area contributed by atoms with E-state index < -0.39 is 17.9 Å². The Hall–Kier alpha value is -4.07. The predicted molar refractivity (Wildman–Crippen MR) is 117 cm³/mol. The van der Waals surface area contributed by atoms with Gasteiger partial charge in [-0.2, -0.15) is 0 Å². The molecule has 8 heteroatoms. The molecule has 0 bridgehead atoms. The number of nitrogens with zero attached hydrogens (tertiary/aromatic N) is 2. The van der Waals surface area contributed by atoms with E-state index in [1.807, 2.05) is 51.1 Å². The van der Waals surface area contributed by atoms with E-state index in [9.17, 15) is 14.4 Å². The molecule has 32 heavy (non-hydrogen) atoms. The summed E-state index contributed by atoms with van der Waals surface area (Å²) in [7, 11) is 1.24. The highest BCUT2D eigenvalue weighted by Crippen LogP contribution is 2.25. The minimum atomic E-state index is -0.627. The fourth-order valence-corrected chi connectivity index (χ4v) is 3.72. The lowest BCUT2D eigenvalue weighted by Crippen LogP contribution is -2.30. The second-order valence-electron chi connectivity index (χ2n) is 7.63. The van der Waals surface area contributed by atoms with Crippen LogP contribution < -0.4 is 5.32 Å². The highest BCUT2D eigenvalue weighted by atomic mass is 16.5. The number of hydrogen-bond acceptors (Lipinski definition) is 5. The summed E-state index contributed by atoms with van der Waals surface area (Å²) in [6.45, 7) is 5.90. The molecule has 4 rings (SSSR count). The molecular weight excluding hydrogens is 410 g/mol. The first-order chi connectivity index (χ1) is 15.3. The van der Waals surface area contributed by atoms with Crippen LogP contribution in [0, 0.1) is 20.8 Å². The molecule has 0 unspecified atom stereocenters. The van der Waals surface area contributed by atoms with Crippen LogP contribution in [-0.2, 0) is 16.1 Å². The van der Waals surface area contributed by atoms with E-state index in [1.54, 1.807) is 6.08 Å². The normalized spacial score (nSPS) is 14.9. The van der Waals surface area contributed by atoms with Crippen molar-refractivity contribution in [2.24, 2.45) is 0 Å². The Morgan fingerprint density at radius 1 is 1.09 bits per heavy atom. The first kappa shape index (κ1) is 21.2. The third-order valence-corrected chi connectivity index (χ3v) is 5.39. The van der Waals surface area contributed by atoms with Crippen molar-refractivity contribution in [1.82, 2.24) is 14.8 Å². The van der Waals surface area contributed by atoms with E-state index in [4.69, 9.17) is 4.42 Å². The Labute approximate surface area is 185 Å². The van der Waals surface area contributed by atoms with Crippen molar-refractivity contribution in [3.63, 3.8) is 0 Å². The van der Waals surface area contributed by atoms with E-state index in [0.717, 1.165) is 27.5 Å². The Bertz CT molecular complexity index is 1250. The molecule has 1 N–H and O–H groups in total. The van der Waals surface area contributed by atoms with Gasteiger partial charge in [-0.15, -0.1) is 0 Å². The Morgan fingerprint density at radius 3 is 2.50 bits per heavy atom. The van der Waals surface area contributed by atoms with Gasteiger partial charge in [0.05, 0.1) is 13.7 Å². The molecule has 8 nitrogen and oxygen atoms in total. The highest BCUT2D eigenvalue weighted by molar-refractivity contribution is 6.13. The molecule has 0 atom stereocenters. The maximum atomic E-state index is 12.9. The fourth-order valence-electron chi connectivity index (χ4n) is 3.72. The Balaban J connectivity index is 1.58. The van der Waals surface area contributed by atoms with Gasteiger partial charge in [0, 0.05) is 17.1 Å². The molecular formula is C24H23N3O5. The number of benzene rings is 1. The molecule has 0 aliphatic carbocycles. The monoisotopic (exact) mass is 433 g/mol. The number of carbonyl (C=O) groups excluding carboxylic acids is 3. The van der Waals surface area contributed by atoms with Gasteiger partial charge in [-0.05, 0) is 62.7 Å². The number of hydrogen-bond donors (Lipinski definition) is 1. The zero-order chi connectivity index (χ0) is 23.0. The van der Waals surface area contributed by atoms with Gasteiger partial charge in [-0.25, -0.2) is 9.59 Å². The topological polar surface area (TPSA) is 93.8 Å². The first-order valence-electron chi connectivity index (χ1n) is 10.1. The quantitative estimate of drug-likeness (QED) is 0.374.